The fourth-order valence-corrected chi connectivity index (χ4v) is 2.50. The van der Waals surface area contributed by atoms with Crippen LogP contribution in [0.3, 0.4) is 0 Å². The number of pyridine rings is 1. The van der Waals surface area contributed by atoms with E-state index in [1.54, 1.807) is 0 Å². The summed E-state index contributed by atoms with van der Waals surface area (Å²) in [5.41, 5.74) is -0.870. The lowest BCUT2D eigenvalue weighted by atomic mass is 10.1. The molecule has 0 bridgehead atoms. The lowest BCUT2D eigenvalue weighted by molar-refractivity contribution is -0.139. The number of fused-ring (bicyclic) bond motifs is 1. The van der Waals surface area contributed by atoms with E-state index in [0.29, 0.717) is 12.8 Å². The van der Waals surface area contributed by atoms with E-state index in [4.69, 9.17) is 0 Å². The SMILES string of the molecule is CCCC[C@H](NC(=O)c1cnc2c(c1)c(=O)n(C)c(=O)n2C)C(=O)O. The van der Waals surface area contributed by atoms with Gasteiger partial charge in [-0.1, -0.05) is 19.8 Å². The largest absolute Gasteiger partial charge is 0.480 e. The Morgan fingerprint density at radius 3 is 2.56 bits per heavy atom. The quantitative estimate of drug-likeness (QED) is 0.758. The van der Waals surface area contributed by atoms with Crippen LogP contribution < -0.4 is 16.6 Å². The first-order valence-electron chi connectivity index (χ1n) is 7.87. The number of nitrogens with zero attached hydrogens (tertiary/aromatic N) is 3. The monoisotopic (exact) mass is 348 g/mol. The Labute approximate surface area is 142 Å². The topological polar surface area (TPSA) is 123 Å². The van der Waals surface area contributed by atoms with Crippen molar-refractivity contribution in [2.75, 3.05) is 0 Å². The van der Waals surface area contributed by atoms with Gasteiger partial charge in [0.2, 0.25) is 0 Å². The Balaban J connectivity index is 2.41. The smallest absolute Gasteiger partial charge is 0.332 e. The van der Waals surface area contributed by atoms with Gasteiger partial charge in [0, 0.05) is 20.3 Å². The van der Waals surface area contributed by atoms with Crippen LogP contribution in [0.2, 0.25) is 0 Å². The Hall–Kier alpha value is -2.97. The van der Waals surface area contributed by atoms with Crippen molar-refractivity contribution >= 4 is 22.9 Å². The number of amides is 1. The molecule has 2 N–H and O–H groups in total. The molecular weight excluding hydrogens is 328 g/mol. The van der Waals surface area contributed by atoms with Crippen molar-refractivity contribution in [3.63, 3.8) is 0 Å². The minimum absolute atomic E-state index is 0.0611. The first-order valence-corrected chi connectivity index (χ1v) is 7.87. The van der Waals surface area contributed by atoms with E-state index in [1.807, 2.05) is 6.92 Å². The van der Waals surface area contributed by atoms with Gasteiger partial charge in [0.15, 0.2) is 0 Å². The maximum atomic E-state index is 12.3. The lowest BCUT2D eigenvalue weighted by Crippen LogP contribution is -2.41. The van der Waals surface area contributed by atoms with Gasteiger partial charge in [0.25, 0.3) is 11.5 Å². The summed E-state index contributed by atoms with van der Waals surface area (Å²) in [6.07, 6.45) is 3.00. The maximum absolute atomic E-state index is 12.3. The third-order valence-electron chi connectivity index (χ3n) is 4.01. The molecule has 1 amide bonds. The summed E-state index contributed by atoms with van der Waals surface area (Å²) in [5.74, 6) is -1.75. The summed E-state index contributed by atoms with van der Waals surface area (Å²) < 4.78 is 2.13. The fourth-order valence-electron chi connectivity index (χ4n) is 2.50. The van der Waals surface area contributed by atoms with Crippen LogP contribution in [0.15, 0.2) is 21.9 Å². The molecule has 2 heterocycles. The average Bonchev–Trinajstić information content (AvgIpc) is 2.60. The van der Waals surface area contributed by atoms with Crippen LogP contribution >= 0.6 is 0 Å². The van der Waals surface area contributed by atoms with Gasteiger partial charge in [-0.15, -0.1) is 0 Å². The molecule has 9 nitrogen and oxygen atoms in total. The molecule has 0 fully saturated rings. The molecule has 0 spiro atoms. The third kappa shape index (κ3) is 3.59. The zero-order valence-corrected chi connectivity index (χ0v) is 14.3. The van der Waals surface area contributed by atoms with Crippen molar-refractivity contribution in [3.8, 4) is 0 Å². The number of nitrogens with one attached hydrogen (secondary N) is 1. The number of rotatable bonds is 6. The lowest BCUT2D eigenvalue weighted by Gasteiger charge is -2.14. The molecule has 2 aromatic rings. The molecule has 0 aliphatic rings. The second kappa shape index (κ2) is 7.29. The summed E-state index contributed by atoms with van der Waals surface area (Å²) in [5, 5.41) is 11.7. The molecule has 0 aliphatic heterocycles. The number of hydrogen-bond donors (Lipinski definition) is 2. The molecule has 0 aromatic carbocycles. The van der Waals surface area contributed by atoms with E-state index in [-0.39, 0.29) is 16.6 Å². The molecule has 0 aliphatic carbocycles. The standard InChI is InChI=1S/C16H20N4O5/c1-4-5-6-11(15(23)24)18-13(21)9-7-10-12(17-8-9)19(2)16(25)20(3)14(10)22/h7-8,11H,4-6H2,1-3H3,(H,18,21)(H,23,24)/t11-/m0/s1. The first kappa shape index (κ1) is 18.4. The highest BCUT2D eigenvalue weighted by molar-refractivity contribution is 5.98. The molecule has 2 aromatic heterocycles. The number of aromatic nitrogens is 3. The summed E-state index contributed by atoms with van der Waals surface area (Å²) in [7, 11) is 2.81. The van der Waals surface area contributed by atoms with Crippen molar-refractivity contribution in [1.29, 1.82) is 0 Å². The highest BCUT2D eigenvalue weighted by Gasteiger charge is 2.21. The first-order chi connectivity index (χ1) is 11.8. The van der Waals surface area contributed by atoms with Gasteiger partial charge in [0.1, 0.15) is 11.7 Å². The number of carboxylic acid groups (broad SMARTS) is 1. The number of carbonyl (C=O) groups excluding carboxylic acids is 1. The number of hydrogen-bond acceptors (Lipinski definition) is 5. The van der Waals surface area contributed by atoms with Crippen molar-refractivity contribution in [2.45, 2.75) is 32.2 Å². The van der Waals surface area contributed by atoms with E-state index in [0.717, 1.165) is 11.0 Å². The van der Waals surface area contributed by atoms with Gasteiger partial charge < -0.3 is 10.4 Å². The average molecular weight is 348 g/mol. The van der Waals surface area contributed by atoms with Crippen LogP contribution in [0.4, 0.5) is 0 Å². The van der Waals surface area contributed by atoms with Crippen molar-refractivity contribution in [1.82, 2.24) is 19.4 Å². The highest BCUT2D eigenvalue weighted by atomic mass is 16.4. The Morgan fingerprint density at radius 1 is 1.28 bits per heavy atom. The van der Waals surface area contributed by atoms with Crippen LogP contribution in [-0.4, -0.2) is 37.1 Å². The molecule has 0 saturated carbocycles. The second-order valence-electron chi connectivity index (χ2n) is 5.81. The van der Waals surface area contributed by atoms with E-state index in [1.165, 1.54) is 30.9 Å². The molecule has 134 valence electrons. The minimum atomic E-state index is -1.12. The molecule has 1 atom stereocenters. The summed E-state index contributed by atoms with van der Waals surface area (Å²) >= 11 is 0. The van der Waals surface area contributed by atoms with Gasteiger partial charge in [0.05, 0.1) is 10.9 Å². The van der Waals surface area contributed by atoms with E-state index < -0.39 is 29.2 Å². The Morgan fingerprint density at radius 2 is 1.96 bits per heavy atom. The van der Waals surface area contributed by atoms with Gasteiger partial charge in [-0.3, -0.25) is 18.7 Å². The molecular formula is C16H20N4O5. The van der Waals surface area contributed by atoms with Gasteiger partial charge in [-0.2, -0.15) is 0 Å². The molecule has 0 radical (unpaired) electrons. The normalized spacial score (nSPS) is 12.1. The predicted octanol–water partition coefficient (Wildman–Crippen LogP) is 0.00540. The zero-order chi connectivity index (χ0) is 18.7. The van der Waals surface area contributed by atoms with E-state index >= 15 is 0 Å². The molecule has 25 heavy (non-hydrogen) atoms. The Kier molecular flexibility index (Phi) is 5.35. The highest BCUT2D eigenvalue weighted by Crippen LogP contribution is 2.09. The zero-order valence-electron chi connectivity index (χ0n) is 14.3. The molecule has 2 rings (SSSR count). The second-order valence-corrected chi connectivity index (χ2v) is 5.81. The molecule has 0 unspecified atom stereocenters. The third-order valence-corrected chi connectivity index (χ3v) is 4.01. The predicted molar refractivity (Wildman–Crippen MR) is 90.6 cm³/mol. The number of unbranched alkanes of at least 4 members (excludes halogenated alkanes) is 1. The van der Waals surface area contributed by atoms with Crippen LogP contribution in [0, 0.1) is 0 Å². The van der Waals surface area contributed by atoms with Crippen molar-refractivity contribution < 1.29 is 14.7 Å². The van der Waals surface area contributed by atoms with Gasteiger partial charge >= 0.3 is 11.7 Å². The van der Waals surface area contributed by atoms with Crippen LogP contribution in [0.5, 0.6) is 0 Å². The maximum Gasteiger partial charge on any atom is 0.332 e. The minimum Gasteiger partial charge on any atom is -0.480 e. The molecule has 0 saturated heterocycles. The number of carboxylic acids is 1. The van der Waals surface area contributed by atoms with E-state index in [2.05, 4.69) is 10.3 Å². The van der Waals surface area contributed by atoms with E-state index in [9.17, 15) is 24.3 Å². The number of aliphatic carboxylic acids is 1. The van der Waals surface area contributed by atoms with Crippen LogP contribution in [0.1, 0.15) is 36.5 Å². The van der Waals surface area contributed by atoms with Gasteiger partial charge in [-0.25, -0.2) is 14.6 Å². The number of carbonyl (C=O) groups is 2. The van der Waals surface area contributed by atoms with Crippen LogP contribution in [0.25, 0.3) is 11.0 Å². The number of aryl methyl sites for hydroxylation is 1. The molecule has 9 heteroatoms. The van der Waals surface area contributed by atoms with Gasteiger partial charge in [-0.05, 0) is 12.5 Å². The fraction of sp³-hybridized carbons (Fsp3) is 0.438. The Bertz CT molecular complexity index is 944. The summed E-state index contributed by atoms with van der Waals surface area (Å²) in [6.45, 7) is 1.92. The summed E-state index contributed by atoms with van der Waals surface area (Å²) in [6, 6.07) is 0.309. The summed E-state index contributed by atoms with van der Waals surface area (Å²) in [4.78, 5) is 51.7. The van der Waals surface area contributed by atoms with Crippen molar-refractivity contribution in [3.05, 3.63) is 38.7 Å². The van der Waals surface area contributed by atoms with Crippen molar-refractivity contribution in [2.24, 2.45) is 14.1 Å². The van der Waals surface area contributed by atoms with Crippen LogP contribution in [-0.2, 0) is 18.9 Å².